The molecule has 1 N–H and O–H groups in total. The smallest absolute Gasteiger partial charge is 0.410 e. The number of aliphatic hydroxyl groups excluding tert-OH is 1. The lowest BCUT2D eigenvalue weighted by molar-refractivity contribution is -0.124. The SMILES string of the molecule is COc1ccc(C23CCC(CN(C(=O)C4CCC(OC(=O)N5CC(O)C5)CC4)c4cc(-c5cnn(C(C)C)c5)c(Cl)cn4)(CC2)CC3)cc1C. The lowest BCUT2D eigenvalue weighted by Crippen LogP contribution is -2.54. The summed E-state index contributed by atoms with van der Waals surface area (Å²) in [4.78, 5) is 35.4. The maximum atomic E-state index is 14.7. The van der Waals surface area contributed by atoms with Crippen molar-refractivity contribution >= 4 is 29.4 Å². The van der Waals surface area contributed by atoms with Crippen LogP contribution in [0.1, 0.15) is 95.2 Å². The molecule has 4 saturated carbocycles. The summed E-state index contributed by atoms with van der Waals surface area (Å²) >= 11 is 6.74. The van der Waals surface area contributed by atoms with Crippen LogP contribution in [0.4, 0.5) is 10.6 Å². The van der Waals surface area contributed by atoms with Crippen LogP contribution in [0.15, 0.2) is 42.9 Å². The van der Waals surface area contributed by atoms with Crippen molar-refractivity contribution in [1.82, 2.24) is 19.7 Å². The van der Waals surface area contributed by atoms with Crippen molar-refractivity contribution in [1.29, 1.82) is 0 Å². The Kier molecular flexibility index (Phi) is 9.62. The van der Waals surface area contributed by atoms with Gasteiger partial charge >= 0.3 is 6.09 Å². The molecule has 2 aromatic heterocycles. The summed E-state index contributed by atoms with van der Waals surface area (Å²) in [6.07, 6.45) is 13.4. The summed E-state index contributed by atoms with van der Waals surface area (Å²) in [6, 6.07) is 8.84. The Morgan fingerprint density at radius 1 is 1.04 bits per heavy atom. The zero-order valence-corrected chi connectivity index (χ0v) is 30.5. The van der Waals surface area contributed by atoms with Gasteiger partial charge in [-0.1, -0.05) is 23.7 Å². The summed E-state index contributed by atoms with van der Waals surface area (Å²) < 4.78 is 13.2. The van der Waals surface area contributed by atoms with Crippen LogP contribution in [-0.2, 0) is 14.9 Å². The zero-order chi connectivity index (χ0) is 35.2. The van der Waals surface area contributed by atoms with E-state index in [1.807, 2.05) is 28.0 Å². The van der Waals surface area contributed by atoms with Crippen LogP contribution in [0.25, 0.3) is 11.1 Å². The third kappa shape index (κ3) is 6.73. The quantitative estimate of drug-likeness (QED) is 0.246. The molecule has 0 spiro atoms. The molecule has 0 atom stereocenters. The number of aromatic nitrogens is 3. The topological polar surface area (TPSA) is 110 Å². The lowest BCUT2D eigenvalue weighted by Gasteiger charge is -2.55. The van der Waals surface area contributed by atoms with Crippen LogP contribution in [0.5, 0.6) is 5.75 Å². The fourth-order valence-electron chi connectivity index (χ4n) is 8.77. The number of hydrogen-bond acceptors (Lipinski definition) is 7. The molecule has 1 aromatic carbocycles. The van der Waals surface area contributed by atoms with Gasteiger partial charge in [0.1, 0.15) is 17.7 Å². The first-order valence-electron chi connectivity index (χ1n) is 18.3. The van der Waals surface area contributed by atoms with E-state index in [0.29, 0.717) is 56.2 Å². The first-order chi connectivity index (χ1) is 24.0. The van der Waals surface area contributed by atoms with Crippen molar-refractivity contribution in [3.05, 3.63) is 59.0 Å². The van der Waals surface area contributed by atoms with Crippen LogP contribution in [0.2, 0.25) is 5.02 Å². The third-order valence-corrected chi connectivity index (χ3v) is 12.4. The monoisotopic (exact) mass is 703 g/mol. The summed E-state index contributed by atoms with van der Waals surface area (Å²) in [5.41, 5.74) is 4.46. The van der Waals surface area contributed by atoms with Crippen LogP contribution in [0, 0.1) is 18.3 Å². The number of benzene rings is 1. The minimum absolute atomic E-state index is 0.0114. The number of hydrogen-bond donors (Lipinski definition) is 1. The Morgan fingerprint density at radius 3 is 2.34 bits per heavy atom. The van der Waals surface area contributed by atoms with Gasteiger partial charge < -0.3 is 19.5 Å². The molecule has 268 valence electrons. The van der Waals surface area contributed by atoms with E-state index in [-0.39, 0.29) is 40.9 Å². The first kappa shape index (κ1) is 34.8. The van der Waals surface area contributed by atoms with Crippen LogP contribution >= 0.6 is 11.6 Å². The zero-order valence-electron chi connectivity index (χ0n) is 29.7. The van der Waals surface area contributed by atoms with Gasteiger partial charge in [0.15, 0.2) is 0 Å². The molecule has 8 rings (SSSR count). The molecule has 50 heavy (non-hydrogen) atoms. The summed E-state index contributed by atoms with van der Waals surface area (Å²) in [7, 11) is 1.72. The highest BCUT2D eigenvalue weighted by Crippen LogP contribution is 2.58. The second kappa shape index (κ2) is 13.8. The van der Waals surface area contributed by atoms with E-state index in [4.69, 9.17) is 26.1 Å². The Hall–Kier alpha value is -3.63. The van der Waals surface area contributed by atoms with Crippen LogP contribution in [-0.4, -0.2) is 75.7 Å². The number of aliphatic hydroxyl groups is 1. The summed E-state index contributed by atoms with van der Waals surface area (Å²) in [5, 5.41) is 14.6. The Bertz CT molecular complexity index is 1700. The molecule has 3 heterocycles. The van der Waals surface area contributed by atoms with Gasteiger partial charge in [-0.25, -0.2) is 9.78 Å². The highest BCUT2D eigenvalue weighted by Gasteiger charge is 2.51. The molecule has 4 aliphatic carbocycles. The fourth-order valence-corrected chi connectivity index (χ4v) is 8.99. The molecule has 5 aliphatic rings. The Balaban J connectivity index is 1.12. The first-order valence-corrected chi connectivity index (χ1v) is 18.7. The van der Waals surface area contributed by atoms with Gasteiger partial charge in [0, 0.05) is 42.0 Å². The van der Waals surface area contributed by atoms with Crippen molar-refractivity contribution in [3.63, 3.8) is 0 Å². The number of ether oxygens (including phenoxy) is 2. The second-order valence-corrected chi connectivity index (χ2v) is 16.0. The van der Waals surface area contributed by atoms with E-state index in [2.05, 4.69) is 44.1 Å². The molecule has 2 bridgehead atoms. The van der Waals surface area contributed by atoms with Gasteiger partial charge in [-0.2, -0.15) is 5.10 Å². The molecule has 5 fully saturated rings. The van der Waals surface area contributed by atoms with Gasteiger partial charge in [0.25, 0.3) is 0 Å². The Morgan fingerprint density at radius 2 is 1.74 bits per heavy atom. The highest BCUT2D eigenvalue weighted by molar-refractivity contribution is 6.33. The van der Waals surface area contributed by atoms with E-state index in [9.17, 15) is 14.7 Å². The molecular formula is C39H50ClN5O5. The maximum Gasteiger partial charge on any atom is 0.410 e. The molecule has 3 aromatic rings. The van der Waals surface area contributed by atoms with E-state index in [1.54, 1.807) is 13.3 Å². The molecule has 2 amide bonds. The average molecular weight is 704 g/mol. The normalized spacial score (nSPS) is 26.5. The van der Waals surface area contributed by atoms with E-state index >= 15 is 0 Å². The summed E-state index contributed by atoms with van der Waals surface area (Å²) in [5.74, 6) is 1.45. The van der Waals surface area contributed by atoms with E-state index < -0.39 is 6.10 Å². The predicted octanol–water partition coefficient (Wildman–Crippen LogP) is 7.49. The molecule has 11 heteroatoms. The standard InChI is InChI=1S/C39H50ClN5O5/c1-25(2)45-21-28(19-42-45)32-18-35(41-20-33(32)40)44(36(47)27-5-8-31(9-6-27)50-37(48)43-22-30(46)23-43)24-38-11-14-39(15-12-38,16-13-38)29-7-10-34(49-4)26(3)17-29/h7,10,17-21,25,27,30-31,46H,5-6,8-9,11-16,22-24H2,1-4H3. The molecule has 0 unspecified atom stereocenters. The Labute approximate surface area is 300 Å². The van der Waals surface area contributed by atoms with Gasteiger partial charge in [-0.05, 0) is 119 Å². The number of halogens is 1. The van der Waals surface area contributed by atoms with Gasteiger partial charge in [0.05, 0.1) is 37.5 Å². The number of carbonyl (C=O) groups is 2. The largest absolute Gasteiger partial charge is 0.496 e. The van der Waals surface area contributed by atoms with Crippen LogP contribution < -0.4 is 9.64 Å². The fraction of sp³-hybridized carbons (Fsp3) is 0.590. The number of β-amino-alcohol motifs (C(OH)–C–C–N with tert-alkyl or cyclic N) is 1. The second-order valence-electron chi connectivity index (χ2n) is 15.6. The number of methoxy groups -OCH3 is 1. The van der Waals surface area contributed by atoms with Gasteiger partial charge in [0.2, 0.25) is 5.91 Å². The molecule has 10 nitrogen and oxygen atoms in total. The van der Waals surface area contributed by atoms with Crippen molar-refractivity contribution in [2.75, 3.05) is 31.6 Å². The number of likely N-dealkylation sites (tertiary alicyclic amines) is 1. The van der Waals surface area contributed by atoms with Crippen molar-refractivity contribution in [2.24, 2.45) is 11.3 Å². The minimum atomic E-state index is -0.467. The predicted molar refractivity (Wildman–Crippen MR) is 193 cm³/mol. The van der Waals surface area contributed by atoms with E-state index in [1.165, 1.54) is 16.0 Å². The van der Waals surface area contributed by atoms with Crippen molar-refractivity contribution in [3.8, 4) is 16.9 Å². The maximum absolute atomic E-state index is 14.7. The third-order valence-electron chi connectivity index (χ3n) is 12.1. The number of carbonyl (C=O) groups excluding carboxylic acids is 2. The minimum Gasteiger partial charge on any atom is -0.496 e. The highest BCUT2D eigenvalue weighted by atomic mass is 35.5. The van der Waals surface area contributed by atoms with Gasteiger partial charge in [-0.15, -0.1) is 0 Å². The average Bonchev–Trinajstić information content (AvgIpc) is 3.61. The number of aryl methyl sites for hydroxylation is 1. The number of nitrogens with zero attached hydrogens (tertiary/aromatic N) is 5. The van der Waals surface area contributed by atoms with Crippen molar-refractivity contribution in [2.45, 2.75) is 109 Å². The molecular weight excluding hydrogens is 654 g/mol. The van der Waals surface area contributed by atoms with Gasteiger partial charge in [-0.3, -0.25) is 14.4 Å². The number of fused-ring (bicyclic) bond motifs is 3. The van der Waals surface area contributed by atoms with Crippen LogP contribution in [0.3, 0.4) is 0 Å². The molecule has 1 saturated heterocycles. The van der Waals surface area contributed by atoms with E-state index in [0.717, 1.165) is 55.4 Å². The van der Waals surface area contributed by atoms with Crippen molar-refractivity contribution < 1.29 is 24.2 Å². The molecule has 1 aliphatic heterocycles. The lowest BCUT2D eigenvalue weighted by atomic mass is 9.51. The number of anilines is 1. The molecule has 0 radical (unpaired) electrons. The number of amides is 2. The number of rotatable bonds is 9. The summed E-state index contributed by atoms with van der Waals surface area (Å²) in [6.45, 7) is 7.54. The number of pyridine rings is 1.